The fourth-order valence-corrected chi connectivity index (χ4v) is 8.65. The van der Waals surface area contributed by atoms with Crippen molar-refractivity contribution >= 4 is 42.3 Å². The molecule has 0 radical (unpaired) electrons. The molecule has 0 amide bonds. The van der Waals surface area contributed by atoms with Gasteiger partial charge >= 0.3 is 0 Å². The van der Waals surface area contributed by atoms with Crippen LogP contribution >= 0.6 is 11.3 Å². The second-order valence-corrected chi connectivity index (χ2v) is 14.2. The summed E-state index contributed by atoms with van der Waals surface area (Å²) in [5, 5.41) is 4.69. The van der Waals surface area contributed by atoms with Crippen LogP contribution in [0, 0.1) is 0 Å². The van der Waals surface area contributed by atoms with Crippen molar-refractivity contribution in [1.82, 2.24) is 15.0 Å². The van der Waals surface area contributed by atoms with Gasteiger partial charge in [0.25, 0.3) is 0 Å². The van der Waals surface area contributed by atoms with E-state index in [0.717, 1.165) is 38.6 Å². The Morgan fingerprint density at radius 2 is 0.830 bits per heavy atom. The summed E-state index contributed by atoms with van der Waals surface area (Å²) < 4.78 is 2.42. The second-order valence-electron chi connectivity index (χ2n) is 13.2. The molecule has 8 aromatic carbocycles. The number of thiophene rings is 1. The van der Waals surface area contributed by atoms with Gasteiger partial charge in [-0.25, -0.2) is 15.0 Å². The van der Waals surface area contributed by atoms with Crippen LogP contribution in [0.25, 0.3) is 98.5 Å². The smallest absolute Gasteiger partial charge is 0.165 e. The van der Waals surface area contributed by atoms with E-state index >= 15 is 0 Å². The normalized spacial score (nSPS) is 11.4. The molecule has 248 valence electrons. The van der Waals surface area contributed by atoms with Crippen molar-refractivity contribution in [3.05, 3.63) is 188 Å². The van der Waals surface area contributed by atoms with Gasteiger partial charge in [0, 0.05) is 36.9 Å². The molecular weight excluding hydrogens is 663 g/mol. The minimum Gasteiger partial charge on any atom is -0.208 e. The maximum atomic E-state index is 5.35. The SMILES string of the molecule is c1ccc(-c2nc(-c3c(-c4ccc(-c5ccccc5-c5ccccc5)cc4)ccc4ccccc34)nc(-c3cccc4c3sc3ccccc34)n2)cc1. The first-order valence-corrected chi connectivity index (χ1v) is 18.6. The van der Waals surface area contributed by atoms with E-state index in [1.807, 2.05) is 18.2 Å². The molecule has 0 N–H and O–H groups in total. The molecule has 0 aliphatic rings. The zero-order valence-corrected chi connectivity index (χ0v) is 29.5. The topological polar surface area (TPSA) is 38.7 Å². The van der Waals surface area contributed by atoms with Crippen molar-refractivity contribution in [2.75, 3.05) is 0 Å². The minimum absolute atomic E-state index is 0.649. The van der Waals surface area contributed by atoms with Gasteiger partial charge in [-0.2, -0.15) is 0 Å². The second kappa shape index (κ2) is 13.1. The standard InChI is InChI=1S/C49H31N3S/c1-3-14-32(15-4-1)37-19-9-10-20-38(37)34-26-28-35(29-27-34)40-31-30-33-16-7-8-21-39(33)45(40)49-51-47(36-17-5-2-6-18-36)50-48(52-49)43-24-13-23-42-41-22-11-12-25-44(41)53-46(42)43/h1-31H. The third kappa shape index (κ3) is 5.57. The molecule has 0 saturated heterocycles. The van der Waals surface area contributed by atoms with Crippen LogP contribution in [0.4, 0.5) is 0 Å². The van der Waals surface area contributed by atoms with Gasteiger partial charge in [0.15, 0.2) is 17.5 Å². The van der Waals surface area contributed by atoms with Crippen LogP contribution in [-0.2, 0) is 0 Å². The van der Waals surface area contributed by atoms with Crippen molar-refractivity contribution in [2.45, 2.75) is 0 Å². The van der Waals surface area contributed by atoms with Crippen molar-refractivity contribution in [3.8, 4) is 67.5 Å². The molecule has 53 heavy (non-hydrogen) atoms. The Hall–Kier alpha value is -6.75. The Bertz CT molecular complexity index is 2930. The minimum atomic E-state index is 0.649. The molecule has 0 aliphatic heterocycles. The zero-order valence-electron chi connectivity index (χ0n) is 28.6. The van der Waals surface area contributed by atoms with Crippen LogP contribution in [0.5, 0.6) is 0 Å². The average Bonchev–Trinajstić information content (AvgIpc) is 3.63. The summed E-state index contributed by atoms with van der Waals surface area (Å²) in [7, 11) is 0. The predicted octanol–water partition coefficient (Wildman–Crippen LogP) is 13.4. The molecule has 2 heterocycles. The van der Waals surface area contributed by atoms with Gasteiger partial charge in [-0.15, -0.1) is 11.3 Å². The van der Waals surface area contributed by atoms with E-state index in [-0.39, 0.29) is 0 Å². The first-order chi connectivity index (χ1) is 26.3. The molecule has 4 heteroatoms. The molecule has 0 fully saturated rings. The quantitative estimate of drug-likeness (QED) is 0.174. The lowest BCUT2D eigenvalue weighted by molar-refractivity contribution is 1.08. The Labute approximate surface area is 311 Å². The Kier molecular flexibility index (Phi) is 7.67. The van der Waals surface area contributed by atoms with Gasteiger partial charge in [-0.3, -0.25) is 0 Å². The highest BCUT2D eigenvalue weighted by Gasteiger charge is 2.20. The van der Waals surface area contributed by atoms with Gasteiger partial charge in [0.1, 0.15) is 0 Å². The number of nitrogens with zero attached hydrogens (tertiary/aromatic N) is 3. The zero-order chi connectivity index (χ0) is 35.1. The first-order valence-electron chi connectivity index (χ1n) is 17.8. The van der Waals surface area contributed by atoms with Gasteiger partial charge in [0.2, 0.25) is 0 Å². The number of aromatic nitrogens is 3. The van der Waals surface area contributed by atoms with E-state index in [4.69, 9.17) is 15.0 Å². The number of hydrogen-bond donors (Lipinski definition) is 0. The summed E-state index contributed by atoms with van der Waals surface area (Å²) in [5.41, 5.74) is 9.91. The van der Waals surface area contributed by atoms with Crippen molar-refractivity contribution in [2.24, 2.45) is 0 Å². The van der Waals surface area contributed by atoms with Crippen molar-refractivity contribution in [3.63, 3.8) is 0 Å². The molecule has 0 spiro atoms. The summed E-state index contributed by atoms with van der Waals surface area (Å²) in [6.45, 7) is 0. The van der Waals surface area contributed by atoms with E-state index in [0.29, 0.717) is 17.5 Å². The van der Waals surface area contributed by atoms with Crippen LogP contribution in [0.2, 0.25) is 0 Å². The molecule has 0 aliphatic carbocycles. The van der Waals surface area contributed by atoms with Crippen LogP contribution in [0.1, 0.15) is 0 Å². The summed E-state index contributed by atoms with van der Waals surface area (Å²) in [6, 6.07) is 66.3. The molecular formula is C49H31N3S. The van der Waals surface area contributed by atoms with Crippen LogP contribution in [0.3, 0.4) is 0 Å². The molecule has 10 aromatic rings. The maximum absolute atomic E-state index is 5.35. The van der Waals surface area contributed by atoms with Crippen molar-refractivity contribution < 1.29 is 0 Å². The number of rotatable bonds is 6. The Balaban J connectivity index is 1.18. The lowest BCUT2D eigenvalue weighted by Gasteiger charge is -2.16. The number of fused-ring (bicyclic) bond motifs is 4. The third-order valence-electron chi connectivity index (χ3n) is 9.98. The van der Waals surface area contributed by atoms with Crippen LogP contribution < -0.4 is 0 Å². The van der Waals surface area contributed by atoms with Crippen molar-refractivity contribution in [1.29, 1.82) is 0 Å². The molecule has 0 bridgehead atoms. The lowest BCUT2D eigenvalue weighted by atomic mass is 9.91. The predicted molar refractivity (Wildman–Crippen MR) is 223 cm³/mol. The molecule has 0 unspecified atom stereocenters. The van der Waals surface area contributed by atoms with E-state index in [9.17, 15) is 0 Å². The van der Waals surface area contributed by atoms with Gasteiger partial charge < -0.3 is 0 Å². The van der Waals surface area contributed by atoms with E-state index in [1.165, 1.54) is 42.4 Å². The fraction of sp³-hybridized carbons (Fsp3) is 0. The van der Waals surface area contributed by atoms with E-state index in [1.54, 1.807) is 11.3 Å². The summed E-state index contributed by atoms with van der Waals surface area (Å²) >= 11 is 1.79. The summed E-state index contributed by atoms with van der Waals surface area (Å²) in [6.07, 6.45) is 0. The lowest BCUT2D eigenvalue weighted by Crippen LogP contribution is -2.02. The van der Waals surface area contributed by atoms with Crippen LogP contribution in [0.15, 0.2) is 188 Å². The first kappa shape index (κ1) is 31.0. The Morgan fingerprint density at radius 3 is 1.58 bits per heavy atom. The summed E-state index contributed by atoms with van der Waals surface area (Å²) in [5.74, 6) is 1.96. The third-order valence-corrected chi connectivity index (χ3v) is 11.2. The molecule has 3 nitrogen and oxygen atoms in total. The molecule has 10 rings (SSSR count). The molecule has 0 atom stereocenters. The Morgan fingerprint density at radius 1 is 0.302 bits per heavy atom. The largest absolute Gasteiger partial charge is 0.208 e. The summed E-state index contributed by atoms with van der Waals surface area (Å²) in [4.78, 5) is 15.8. The molecule has 0 saturated carbocycles. The van der Waals surface area contributed by atoms with Gasteiger partial charge in [0.05, 0.1) is 0 Å². The van der Waals surface area contributed by atoms with E-state index < -0.39 is 0 Å². The van der Waals surface area contributed by atoms with Gasteiger partial charge in [-0.1, -0.05) is 176 Å². The molecule has 2 aromatic heterocycles. The fourth-order valence-electron chi connectivity index (χ4n) is 7.43. The monoisotopic (exact) mass is 693 g/mol. The average molecular weight is 694 g/mol. The number of hydrogen-bond acceptors (Lipinski definition) is 4. The van der Waals surface area contributed by atoms with E-state index in [2.05, 4.69) is 170 Å². The maximum Gasteiger partial charge on any atom is 0.165 e. The highest BCUT2D eigenvalue weighted by molar-refractivity contribution is 7.26. The van der Waals surface area contributed by atoms with Crippen LogP contribution in [-0.4, -0.2) is 15.0 Å². The van der Waals surface area contributed by atoms with Gasteiger partial charge in [-0.05, 0) is 56.3 Å². The number of benzene rings is 8. The highest BCUT2D eigenvalue weighted by Crippen LogP contribution is 2.42. The highest BCUT2D eigenvalue weighted by atomic mass is 32.1.